The Hall–Kier alpha value is -3.15. The van der Waals surface area contributed by atoms with Gasteiger partial charge in [0.2, 0.25) is 5.91 Å². The first-order valence-electron chi connectivity index (χ1n) is 7.21. The SMILES string of the molecule is O=C(/C=C\c1ccco1)N[C@@H](Cn1cncn1)c1ccccc1. The van der Waals surface area contributed by atoms with Crippen LogP contribution < -0.4 is 5.32 Å². The molecule has 1 amide bonds. The molecule has 6 nitrogen and oxygen atoms in total. The van der Waals surface area contributed by atoms with Gasteiger partial charge in [0, 0.05) is 6.08 Å². The zero-order valence-electron chi connectivity index (χ0n) is 12.4. The van der Waals surface area contributed by atoms with Crippen LogP contribution >= 0.6 is 0 Å². The van der Waals surface area contributed by atoms with E-state index in [2.05, 4.69) is 15.4 Å². The van der Waals surface area contributed by atoms with Crippen molar-refractivity contribution in [3.63, 3.8) is 0 Å². The number of aromatic nitrogens is 3. The predicted molar refractivity (Wildman–Crippen MR) is 85.1 cm³/mol. The Labute approximate surface area is 133 Å². The van der Waals surface area contributed by atoms with Gasteiger partial charge in [-0.2, -0.15) is 5.10 Å². The third-order valence-electron chi connectivity index (χ3n) is 3.30. The second-order valence-corrected chi connectivity index (χ2v) is 4.94. The highest BCUT2D eigenvalue weighted by Gasteiger charge is 2.14. The topological polar surface area (TPSA) is 73.0 Å². The summed E-state index contributed by atoms with van der Waals surface area (Å²) in [6, 6.07) is 13.1. The van der Waals surface area contributed by atoms with Crippen molar-refractivity contribution in [3.8, 4) is 0 Å². The predicted octanol–water partition coefficient (Wildman–Crippen LogP) is 2.44. The van der Waals surface area contributed by atoms with Gasteiger partial charge >= 0.3 is 0 Å². The number of carbonyl (C=O) groups excluding carboxylic acids is 1. The van der Waals surface area contributed by atoms with Crippen LogP contribution in [0.4, 0.5) is 0 Å². The third kappa shape index (κ3) is 4.16. The molecule has 3 rings (SSSR count). The van der Waals surface area contributed by atoms with Crippen LogP contribution in [0, 0.1) is 0 Å². The number of nitrogens with zero attached hydrogens (tertiary/aromatic N) is 3. The molecule has 0 spiro atoms. The molecule has 0 saturated carbocycles. The largest absolute Gasteiger partial charge is 0.465 e. The second-order valence-electron chi connectivity index (χ2n) is 4.94. The molecule has 0 unspecified atom stereocenters. The van der Waals surface area contributed by atoms with Crippen molar-refractivity contribution in [3.05, 3.63) is 78.8 Å². The lowest BCUT2D eigenvalue weighted by Gasteiger charge is -2.18. The zero-order chi connectivity index (χ0) is 15.9. The number of carbonyl (C=O) groups is 1. The minimum atomic E-state index is -0.202. The van der Waals surface area contributed by atoms with Crippen LogP contribution in [0.25, 0.3) is 6.08 Å². The van der Waals surface area contributed by atoms with E-state index in [9.17, 15) is 4.79 Å². The molecule has 0 aliphatic heterocycles. The Morgan fingerprint density at radius 1 is 1.26 bits per heavy atom. The Morgan fingerprint density at radius 2 is 2.13 bits per heavy atom. The number of furan rings is 1. The molecule has 0 saturated heterocycles. The van der Waals surface area contributed by atoms with E-state index in [-0.39, 0.29) is 11.9 Å². The van der Waals surface area contributed by atoms with E-state index in [4.69, 9.17) is 4.42 Å². The molecule has 1 N–H and O–H groups in total. The van der Waals surface area contributed by atoms with Gasteiger partial charge in [-0.25, -0.2) is 4.98 Å². The number of hydrogen-bond acceptors (Lipinski definition) is 4. The Kier molecular flexibility index (Phi) is 4.63. The van der Waals surface area contributed by atoms with Gasteiger partial charge in [-0.1, -0.05) is 30.3 Å². The normalized spacial score (nSPS) is 12.3. The van der Waals surface area contributed by atoms with Crippen molar-refractivity contribution in [2.45, 2.75) is 12.6 Å². The average Bonchev–Trinajstić information content (AvgIpc) is 3.27. The molecule has 2 heterocycles. The highest BCUT2D eigenvalue weighted by Crippen LogP contribution is 2.14. The zero-order valence-corrected chi connectivity index (χ0v) is 12.4. The minimum absolute atomic E-state index is 0.199. The number of benzene rings is 1. The summed E-state index contributed by atoms with van der Waals surface area (Å²) in [6.45, 7) is 0.504. The molecule has 0 aliphatic carbocycles. The van der Waals surface area contributed by atoms with E-state index < -0.39 is 0 Å². The summed E-state index contributed by atoms with van der Waals surface area (Å²) in [6.07, 6.45) is 7.75. The van der Waals surface area contributed by atoms with Crippen molar-refractivity contribution in [2.75, 3.05) is 0 Å². The minimum Gasteiger partial charge on any atom is -0.465 e. The molecular formula is C17H16N4O2. The summed E-state index contributed by atoms with van der Waals surface area (Å²) >= 11 is 0. The number of rotatable bonds is 6. The van der Waals surface area contributed by atoms with Gasteiger partial charge < -0.3 is 9.73 Å². The molecule has 6 heteroatoms. The van der Waals surface area contributed by atoms with Gasteiger partial charge in [-0.3, -0.25) is 9.48 Å². The standard InChI is InChI=1S/C17H16N4O2/c22-17(9-8-15-7-4-10-23-15)20-16(11-21-13-18-12-19-21)14-5-2-1-3-6-14/h1-10,12-13,16H,11H2,(H,20,22)/b9-8-/t16-/m0/s1. The molecule has 2 aromatic heterocycles. The molecule has 116 valence electrons. The molecule has 0 aliphatic rings. The van der Waals surface area contributed by atoms with Crippen LogP contribution in [0.15, 0.2) is 71.9 Å². The smallest absolute Gasteiger partial charge is 0.244 e. The lowest BCUT2D eigenvalue weighted by molar-refractivity contribution is -0.117. The van der Waals surface area contributed by atoms with Gasteiger partial charge in [0.25, 0.3) is 0 Å². The van der Waals surface area contributed by atoms with Crippen molar-refractivity contribution < 1.29 is 9.21 Å². The summed E-state index contributed by atoms with van der Waals surface area (Å²) in [5.41, 5.74) is 1.00. The van der Waals surface area contributed by atoms with E-state index in [1.54, 1.807) is 35.5 Å². The van der Waals surface area contributed by atoms with Crippen molar-refractivity contribution in [2.24, 2.45) is 0 Å². The first-order chi connectivity index (χ1) is 11.3. The number of hydrogen-bond donors (Lipinski definition) is 1. The Bertz CT molecular complexity index is 749. The van der Waals surface area contributed by atoms with E-state index in [0.29, 0.717) is 12.3 Å². The molecule has 1 aromatic carbocycles. The van der Waals surface area contributed by atoms with Gasteiger partial charge in [0.05, 0.1) is 18.8 Å². The number of amides is 1. The fourth-order valence-electron chi connectivity index (χ4n) is 2.20. The second kappa shape index (κ2) is 7.22. The highest BCUT2D eigenvalue weighted by atomic mass is 16.3. The maximum Gasteiger partial charge on any atom is 0.244 e. The molecule has 23 heavy (non-hydrogen) atoms. The molecule has 1 atom stereocenters. The fourth-order valence-corrected chi connectivity index (χ4v) is 2.20. The maximum absolute atomic E-state index is 12.2. The van der Waals surface area contributed by atoms with Crippen LogP contribution in [0.1, 0.15) is 17.4 Å². The summed E-state index contributed by atoms with van der Waals surface area (Å²) in [4.78, 5) is 16.1. The summed E-state index contributed by atoms with van der Waals surface area (Å²) in [5.74, 6) is 0.433. The molecule has 3 aromatic rings. The quantitative estimate of drug-likeness (QED) is 0.710. The third-order valence-corrected chi connectivity index (χ3v) is 3.30. The summed E-state index contributed by atoms with van der Waals surface area (Å²) in [5, 5.41) is 7.07. The lowest BCUT2D eigenvalue weighted by Crippen LogP contribution is -2.30. The van der Waals surface area contributed by atoms with E-state index in [0.717, 1.165) is 5.56 Å². The Balaban J connectivity index is 1.71. The summed E-state index contributed by atoms with van der Waals surface area (Å²) < 4.78 is 6.86. The molecular weight excluding hydrogens is 292 g/mol. The lowest BCUT2D eigenvalue weighted by atomic mass is 10.1. The molecule has 0 fully saturated rings. The van der Waals surface area contributed by atoms with Crippen LogP contribution in [-0.2, 0) is 11.3 Å². The van der Waals surface area contributed by atoms with Gasteiger partial charge in [-0.15, -0.1) is 0 Å². The monoisotopic (exact) mass is 308 g/mol. The fraction of sp³-hybridized carbons (Fsp3) is 0.118. The molecule has 0 bridgehead atoms. The van der Waals surface area contributed by atoms with E-state index in [1.807, 2.05) is 30.3 Å². The summed E-state index contributed by atoms with van der Waals surface area (Å²) in [7, 11) is 0. The Morgan fingerprint density at radius 3 is 2.83 bits per heavy atom. The molecule has 0 radical (unpaired) electrons. The van der Waals surface area contributed by atoms with Crippen LogP contribution in [0.3, 0.4) is 0 Å². The van der Waals surface area contributed by atoms with Crippen LogP contribution in [-0.4, -0.2) is 20.7 Å². The van der Waals surface area contributed by atoms with Gasteiger partial charge in [0.1, 0.15) is 18.4 Å². The van der Waals surface area contributed by atoms with Gasteiger partial charge in [0.15, 0.2) is 0 Å². The van der Waals surface area contributed by atoms with Crippen LogP contribution in [0.2, 0.25) is 0 Å². The van der Waals surface area contributed by atoms with Crippen molar-refractivity contribution >= 4 is 12.0 Å². The van der Waals surface area contributed by atoms with Crippen molar-refractivity contribution in [1.29, 1.82) is 0 Å². The van der Waals surface area contributed by atoms with Crippen LogP contribution in [0.5, 0.6) is 0 Å². The first kappa shape index (κ1) is 14.8. The average molecular weight is 308 g/mol. The maximum atomic E-state index is 12.2. The highest BCUT2D eigenvalue weighted by molar-refractivity contribution is 5.91. The van der Waals surface area contributed by atoms with E-state index >= 15 is 0 Å². The van der Waals surface area contributed by atoms with Gasteiger partial charge in [-0.05, 0) is 23.8 Å². The van der Waals surface area contributed by atoms with Crippen molar-refractivity contribution in [1.82, 2.24) is 20.1 Å². The van der Waals surface area contributed by atoms with E-state index in [1.165, 1.54) is 12.4 Å². The number of nitrogens with one attached hydrogen (secondary N) is 1. The first-order valence-corrected chi connectivity index (χ1v) is 7.21.